The summed E-state index contributed by atoms with van der Waals surface area (Å²) in [5.74, 6) is 0. The van der Waals surface area contributed by atoms with Gasteiger partial charge in [0, 0.05) is 31.9 Å². The van der Waals surface area contributed by atoms with Gasteiger partial charge in [-0.3, -0.25) is 0 Å². The molecule has 1 saturated heterocycles. The molecular formula is C20H20F3N3O. The first-order chi connectivity index (χ1) is 13.0. The summed E-state index contributed by atoms with van der Waals surface area (Å²) < 4.78 is 45.8. The molecule has 0 unspecified atom stereocenters. The third kappa shape index (κ3) is 5.00. The molecule has 0 aromatic heterocycles. The Kier molecular flexibility index (Phi) is 5.99. The van der Waals surface area contributed by atoms with Gasteiger partial charge in [-0.15, -0.1) is 0 Å². The molecular weight excluding hydrogens is 355 g/mol. The van der Waals surface area contributed by atoms with Crippen molar-refractivity contribution in [1.29, 1.82) is 5.26 Å². The minimum Gasteiger partial charge on any atom is -0.378 e. The van der Waals surface area contributed by atoms with E-state index in [1.807, 2.05) is 11.0 Å². The van der Waals surface area contributed by atoms with Crippen molar-refractivity contribution in [3.8, 4) is 6.07 Å². The van der Waals surface area contributed by atoms with Crippen LogP contribution in [-0.2, 0) is 24.0 Å². The van der Waals surface area contributed by atoms with Crippen LogP contribution < -0.4 is 10.2 Å². The van der Waals surface area contributed by atoms with E-state index in [1.165, 1.54) is 6.07 Å². The Morgan fingerprint density at radius 2 is 1.74 bits per heavy atom. The van der Waals surface area contributed by atoms with Gasteiger partial charge in [0.1, 0.15) is 0 Å². The van der Waals surface area contributed by atoms with Gasteiger partial charge in [-0.1, -0.05) is 18.2 Å². The van der Waals surface area contributed by atoms with Crippen LogP contribution in [0.1, 0.15) is 22.3 Å². The van der Waals surface area contributed by atoms with Crippen LogP contribution in [0.15, 0.2) is 42.5 Å². The van der Waals surface area contributed by atoms with Crippen molar-refractivity contribution in [1.82, 2.24) is 5.32 Å². The topological polar surface area (TPSA) is 48.3 Å². The van der Waals surface area contributed by atoms with Crippen LogP contribution in [0.2, 0.25) is 0 Å². The van der Waals surface area contributed by atoms with E-state index in [0.717, 1.165) is 5.56 Å². The molecule has 1 N–H and O–H groups in total. The van der Waals surface area contributed by atoms with E-state index in [1.54, 1.807) is 36.4 Å². The Labute approximate surface area is 156 Å². The molecule has 0 radical (unpaired) electrons. The van der Waals surface area contributed by atoms with E-state index in [-0.39, 0.29) is 12.1 Å². The Bertz CT molecular complexity index is 807. The van der Waals surface area contributed by atoms with Gasteiger partial charge in [-0.2, -0.15) is 18.4 Å². The summed E-state index contributed by atoms with van der Waals surface area (Å²) in [6.07, 6.45) is -4.41. The van der Waals surface area contributed by atoms with Crippen molar-refractivity contribution in [3.05, 3.63) is 64.7 Å². The maximum absolute atomic E-state index is 13.5. The van der Waals surface area contributed by atoms with E-state index < -0.39 is 11.7 Å². The second-order valence-corrected chi connectivity index (χ2v) is 6.35. The van der Waals surface area contributed by atoms with Gasteiger partial charge in [-0.05, 0) is 35.4 Å². The van der Waals surface area contributed by atoms with Crippen LogP contribution >= 0.6 is 0 Å². The van der Waals surface area contributed by atoms with E-state index in [9.17, 15) is 13.2 Å². The molecule has 0 spiro atoms. The molecule has 2 aromatic rings. The molecule has 1 fully saturated rings. The fraction of sp³-hybridized carbons (Fsp3) is 0.350. The van der Waals surface area contributed by atoms with Crippen molar-refractivity contribution < 1.29 is 17.9 Å². The molecule has 1 aliphatic rings. The van der Waals surface area contributed by atoms with Crippen molar-refractivity contribution in [2.24, 2.45) is 0 Å². The molecule has 1 aliphatic heterocycles. The lowest BCUT2D eigenvalue weighted by atomic mass is 10.0. The first-order valence-electron chi connectivity index (χ1n) is 8.70. The predicted molar refractivity (Wildman–Crippen MR) is 96.2 cm³/mol. The van der Waals surface area contributed by atoms with Crippen LogP contribution in [-0.4, -0.2) is 26.3 Å². The Balaban J connectivity index is 1.70. The van der Waals surface area contributed by atoms with Crippen molar-refractivity contribution >= 4 is 5.69 Å². The fourth-order valence-electron chi connectivity index (χ4n) is 3.04. The van der Waals surface area contributed by atoms with Gasteiger partial charge < -0.3 is 15.0 Å². The maximum atomic E-state index is 13.5. The minimum atomic E-state index is -4.41. The molecule has 2 aromatic carbocycles. The van der Waals surface area contributed by atoms with Crippen LogP contribution in [0.4, 0.5) is 18.9 Å². The van der Waals surface area contributed by atoms with E-state index >= 15 is 0 Å². The van der Waals surface area contributed by atoms with E-state index in [2.05, 4.69) is 5.32 Å². The van der Waals surface area contributed by atoms with Gasteiger partial charge in [0.05, 0.1) is 30.4 Å². The van der Waals surface area contributed by atoms with Gasteiger partial charge in [0.25, 0.3) is 0 Å². The largest absolute Gasteiger partial charge is 0.416 e. The minimum absolute atomic E-state index is 0.109. The number of hydrogen-bond acceptors (Lipinski definition) is 4. The van der Waals surface area contributed by atoms with Crippen molar-refractivity contribution in [2.45, 2.75) is 19.3 Å². The lowest BCUT2D eigenvalue weighted by Crippen LogP contribution is -2.36. The Morgan fingerprint density at radius 1 is 1.04 bits per heavy atom. The summed E-state index contributed by atoms with van der Waals surface area (Å²) in [5, 5.41) is 11.8. The Morgan fingerprint density at radius 3 is 2.37 bits per heavy atom. The third-order valence-corrected chi connectivity index (χ3v) is 4.50. The summed E-state index contributed by atoms with van der Waals surface area (Å²) in [6, 6.07) is 13.5. The summed E-state index contributed by atoms with van der Waals surface area (Å²) >= 11 is 0. The second kappa shape index (κ2) is 8.42. The smallest absolute Gasteiger partial charge is 0.378 e. The van der Waals surface area contributed by atoms with Gasteiger partial charge >= 0.3 is 6.18 Å². The van der Waals surface area contributed by atoms with Gasteiger partial charge in [-0.25, -0.2) is 0 Å². The zero-order chi connectivity index (χ0) is 19.3. The molecule has 0 amide bonds. The average Bonchev–Trinajstić information content (AvgIpc) is 2.68. The SMILES string of the molecule is N#Cc1ccc(CNCc2ccc(N3CCOCC3)cc2C(F)(F)F)cc1. The number of benzene rings is 2. The molecule has 142 valence electrons. The highest BCUT2D eigenvalue weighted by atomic mass is 19.4. The maximum Gasteiger partial charge on any atom is 0.416 e. The highest BCUT2D eigenvalue weighted by molar-refractivity contribution is 5.52. The lowest BCUT2D eigenvalue weighted by Gasteiger charge is -2.29. The molecule has 3 rings (SSSR count). The lowest BCUT2D eigenvalue weighted by molar-refractivity contribution is -0.138. The molecule has 4 nitrogen and oxygen atoms in total. The zero-order valence-electron chi connectivity index (χ0n) is 14.7. The molecule has 27 heavy (non-hydrogen) atoms. The number of morpholine rings is 1. The molecule has 0 bridgehead atoms. The zero-order valence-corrected chi connectivity index (χ0v) is 14.7. The number of nitrogens with one attached hydrogen (secondary N) is 1. The molecule has 0 atom stereocenters. The van der Waals surface area contributed by atoms with Crippen LogP contribution in [0.25, 0.3) is 0 Å². The van der Waals surface area contributed by atoms with Crippen molar-refractivity contribution in [2.75, 3.05) is 31.2 Å². The van der Waals surface area contributed by atoms with Crippen LogP contribution in [0, 0.1) is 11.3 Å². The van der Waals surface area contributed by atoms with E-state index in [0.29, 0.717) is 44.1 Å². The van der Waals surface area contributed by atoms with Gasteiger partial charge in [0.2, 0.25) is 0 Å². The number of hydrogen-bond donors (Lipinski definition) is 1. The molecule has 0 aliphatic carbocycles. The highest BCUT2D eigenvalue weighted by Crippen LogP contribution is 2.35. The second-order valence-electron chi connectivity index (χ2n) is 6.35. The Hall–Kier alpha value is -2.56. The number of nitriles is 1. The highest BCUT2D eigenvalue weighted by Gasteiger charge is 2.34. The van der Waals surface area contributed by atoms with Gasteiger partial charge in [0.15, 0.2) is 0 Å². The summed E-state index contributed by atoms with van der Waals surface area (Å²) in [5.41, 5.74) is 1.64. The standard InChI is InChI=1S/C20H20F3N3O/c21-20(22,23)19-11-18(26-7-9-27-10-8-26)6-5-17(19)14-25-13-16-3-1-15(12-24)2-4-16/h1-6,11,25H,7-10,13-14H2. The number of alkyl halides is 3. The first-order valence-corrected chi connectivity index (χ1v) is 8.70. The monoisotopic (exact) mass is 375 g/mol. The quantitative estimate of drug-likeness (QED) is 0.866. The molecule has 7 heteroatoms. The summed E-state index contributed by atoms with van der Waals surface area (Å²) in [6.45, 7) is 2.76. The average molecular weight is 375 g/mol. The predicted octanol–water partition coefficient (Wildman–Crippen LogP) is 3.70. The fourth-order valence-corrected chi connectivity index (χ4v) is 3.04. The third-order valence-electron chi connectivity index (χ3n) is 4.50. The molecule has 0 saturated carbocycles. The molecule has 1 heterocycles. The number of halogens is 3. The summed E-state index contributed by atoms with van der Waals surface area (Å²) in [4.78, 5) is 1.91. The number of nitrogens with zero attached hydrogens (tertiary/aromatic N) is 2. The van der Waals surface area contributed by atoms with Crippen LogP contribution in [0.5, 0.6) is 0 Å². The number of rotatable bonds is 5. The van der Waals surface area contributed by atoms with E-state index in [4.69, 9.17) is 10.00 Å². The first kappa shape index (κ1) is 19.2. The number of anilines is 1. The van der Waals surface area contributed by atoms with Crippen LogP contribution in [0.3, 0.4) is 0 Å². The van der Waals surface area contributed by atoms with Crippen molar-refractivity contribution in [3.63, 3.8) is 0 Å². The number of ether oxygens (including phenoxy) is 1. The normalized spacial score (nSPS) is 14.8. The summed E-state index contributed by atoms with van der Waals surface area (Å²) in [7, 11) is 0.